The van der Waals surface area contributed by atoms with Gasteiger partial charge in [-0.3, -0.25) is 4.99 Å². The molecule has 1 aromatic rings. The van der Waals surface area contributed by atoms with Crippen molar-refractivity contribution in [2.24, 2.45) is 4.99 Å². The molecular formula is C18H30I2N4O. The SMILES string of the molecule is CCN(C)CCNC(=NC)N1CCC(Oc2ccccc2I)CC1.I. The molecule has 142 valence electrons. The van der Waals surface area contributed by atoms with Crippen LogP contribution in [0.3, 0.4) is 0 Å². The highest BCUT2D eigenvalue weighted by atomic mass is 127. The van der Waals surface area contributed by atoms with Crippen LogP contribution in [0.4, 0.5) is 0 Å². The molecule has 1 aliphatic heterocycles. The molecule has 2 rings (SSSR count). The molecule has 5 nitrogen and oxygen atoms in total. The zero-order valence-corrected chi connectivity index (χ0v) is 19.9. The molecule has 25 heavy (non-hydrogen) atoms. The monoisotopic (exact) mass is 572 g/mol. The topological polar surface area (TPSA) is 40.1 Å². The molecule has 1 aliphatic rings. The second-order valence-corrected chi connectivity index (χ2v) is 7.27. The highest BCUT2D eigenvalue weighted by molar-refractivity contribution is 14.1. The summed E-state index contributed by atoms with van der Waals surface area (Å²) in [5.74, 6) is 2.01. The maximum Gasteiger partial charge on any atom is 0.193 e. The van der Waals surface area contributed by atoms with Gasteiger partial charge in [0.05, 0.1) is 3.57 Å². The van der Waals surface area contributed by atoms with Crippen molar-refractivity contribution >= 4 is 52.5 Å². The van der Waals surface area contributed by atoms with Crippen LogP contribution >= 0.6 is 46.6 Å². The maximum atomic E-state index is 6.17. The van der Waals surface area contributed by atoms with Crippen molar-refractivity contribution in [3.05, 3.63) is 27.8 Å². The Bertz CT molecular complexity index is 534. The lowest BCUT2D eigenvalue weighted by Gasteiger charge is -2.34. The maximum absolute atomic E-state index is 6.17. The van der Waals surface area contributed by atoms with E-state index in [1.807, 2.05) is 19.2 Å². The average Bonchev–Trinajstić information content (AvgIpc) is 2.61. The number of likely N-dealkylation sites (tertiary alicyclic amines) is 1. The normalized spacial score (nSPS) is 15.9. The molecule has 0 saturated carbocycles. The van der Waals surface area contributed by atoms with E-state index in [0.717, 1.165) is 57.3 Å². The van der Waals surface area contributed by atoms with Crippen LogP contribution in [0.5, 0.6) is 5.75 Å². The van der Waals surface area contributed by atoms with E-state index >= 15 is 0 Å². The summed E-state index contributed by atoms with van der Waals surface area (Å²) in [6.45, 7) is 7.17. The third-order valence-electron chi connectivity index (χ3n) is 4.40. The van der Waals surface area contributed by atoms with Gasteiger partial charge in [-0.05, 0) is 48.3 Å². The average molecular weight is 572 g/mol. The van der Waals surface area contributed by atoms with Gasteiger partial charge in [-0.25, -0.2) is 0 Å². The highest BCUT2D eigenvalue weighted by Crippen LogP contribution is 2.24. The first-order valence-electron chi connectivity index (χ1n) is 8.69. The lowest BCUT2D eigenvalue weighted by Crippen LogP contribution is -2.48. The Balaban J connectivity index is 0.00000312. The van der Waals surface area contributed by atoms with Crippen LogP contribution in [-0.2, 0) is 0 Å². The molecule has 0 bridgehead atoms. The molecule has 1 aromatic carbocycles. The summed E-state index contributed by atoms with van der Waals surface area (Å²) in [5, 5.41) is 3.47. The minimum Gasteiger partial charge on any atom is -0.489 e. The number of rotatable bonds is 6. The Labute approximate surface area is 182 Å². The smallest absolute Gasteiger partial charge is 0.193 e. The summed E-state index contributed by atoms with van der Waals surface area (Å²) >= 11 is 2.33. The first-order chi connectivity index (χ1) is 11.6. The van der Waals surface area contributed by atoms with Crippen LogP contribution in [0.2, 0.25) is 0 Å². The summed E-state index contributed by atoms with van der Waals surface area (Å²) in [4.78, 5) is 9.06. The van der Waals surface area contributed by atoms with E-state index in [-0.39, 0.29) is 24.0 Å². The van der Waals surface area contributed by atoms with E-state index in [2.05, 4.69) is 68.8 Å². The molecule has 0 amide bonds. The van der Waals surface area contributed by atoms with E-state index in [0.29, 0.717) is 6.10 Å². The Morgan fingerprint density at radius 3 is 2.64 bits per heavy atom. The molecular weight excluding hydrogens is 542 g/mol. The third-order valence-corrected chi connectivity index (χ3v) is 5.29. The first-order valence-corrected chi connectivity index (χ1v) is 9.77. The Morgan fingerprint density at radius 2 is 2.04 bits per heavy atom. The molecule has 0 spiro atoms. The molecule has 0 radical (unpaired) electrons. The van der Waals surface area contributed by atoms with Gasteiger partial charge < -0.3 is 19.9 Å². The zero-order chi connectivity index (χ0) is 17.4. The fourth-order valence-corrected chi connectivity index (χ4v) is 3.27. The molecule has 7 heteroatoms. The number of benzene rings is 1. The summed E-state index contributed by atoms with van der Waals surface area (Å²) in [7, 11) is 4.00. The van der Waals surface area contributed by atoms with Crippen LogP contribution in [0.25, 0.3) is 0 Å². The number of aliphatic imine (C=N–C) groups is 1. The van der Waals surface area contributed by atoms with Crippen molar-refractivity contribution in [1.82, 2.24) is 15.1 Å². The van der Waals surface area contributed by atoms with Crippen molar-refractivity contribution in [3.8, 4) is 5.75 Å². The first kappa shape index (κ1) is 22.8. The number of hydrogen-bond acceptors (Lipinski definition) is 3. The number of nitrogens with zero attached hydrogens (tertiary/aromatic N) is 3. The quantitative estimate of drug-likeness (QED) is 0.323. The number of guanidine groups is 1. The number of likely N-dealkylation sites (N-methyl/N-ethyl adjacent to an activating group) is 1. The number of piperidine rings is 1. The van der Waals surface area contributed by atoms with Crippen LogP contribution < -0.4 is 10.1 Å². The van der Waals surface area contributed by atoms with Gasteiger partial charge in [-0.1, -0.05) is 19.1 Å². The van der Waals surface area contributed by atoms with Crippen molar-refractivity contribution in [3.63, 3.8) is 0 Å². The zero-order valence-electron chi connectivity index (χ0n) is 15.4. The number of nitrogens with one attached hydrogen (secondary N) is 1. The molecule has 1 heterocycles. The van der Waals surface area contributed by atoms with Crippen molar-refractivity contribution in [1.29, 1.82) is 0 Å². The van der Waals surface area contributed by atoms with Gasteiger partial charge in [0, 0.05) is 46.1 Å². The fourth-order valence-electron chi connectivity index (χ4n) is 2.75. The molecule has 0 atom stereocenters. The van der Waals surface area contributed by atoms with Crippen LogP contribution in [0.1, 0.15) is 19.8 Å². The van der Waals surface area contributed by atoms with Crippen molar-refractivity contribution in [2.45, 2.75) is 25.9 Å². The van der Waals surface area contributed by atoms with Crippen molar-refractivity contribution in [2.75, 3.05) is 46.8 Å². The van der Waals surface area contributed by atoms with Gasteiger partial charge in [0.25, 0.3) is 0 Å². The number of para-hydroxylation sites is 1. The molecule has 1 N–H and O–H groups in total. The van der Waals surface area contributed by atoms with Gasteiger partial charge in [0.1, 0.15) is 11.9 Å². The lowest BCUT2D eigenvalue weighted by atomic mass is 10.1. The molecule has 0 aromatic heterocycles. The summed E-state index contributed by atoms with van der Waals surface area (Å²) < 4.78 is 7.35. The van der Waals surface area contributed by atoms with Crippen LogP contribution in [0, 0.1) is 3.57 Å². The third kappa shape index (κ3) is 7.46. The molecule has 0 aliphatic carbocycles. The minimum atomic E-state index is 0. The summed E-state index contributed by atoms with van der Waals surface area (Å²) in [5.41, 5.74) is 0. The predicted octanol–water partition coefficient (Wildman–Crippen LogP) is 3.28. The van der Waals surface area contributed by atoms with Crippen LogP contribution in [0.15, 0.2) is 29.3 Å². The van der Waals surface area contributed by atoms with E-state index in [1.54, 1.807) is 0 Å². The number of halogens is 2. The van der Waals surface area contributed by atoms with Crippen LogP contribution in [-0.4, -0.2) is 68.7 Å². The van der Waals surface area contributed by atoms with E-state index in [1.165, 1.54) is 3.57 Å². The summed E-state index contributed by atoms with van der Waals surface area (Å²) in [6.07, 6.45) is 2.35. The largest absolute Gasteiger partial charge is 0.489 e. The van der Waals surface area contributed by atoms with E-state index < -0.39 is 0 Å². The van der Waals surface area contributed by atoms with E-state index in [9.17, 15) is 0 Å². The molecule has 1 fully saturated rings. The van der Waals surface area contributed by atoms with Gasteiger partial charge in [-0.15, -0.1) is 24.0 Å². The lowest BCUT2D eigenvalue weighted by molar-refractivity contribution is 0.128. The van der Waals surface area contributed by atoms with Gasteiger partial charge in [-0.2, -0.15) is 0 Å². The van der Waals surface area contributed by atoms with E-state index in [4.69, 9.17) is 4.74 Å². The van der Waals surface area contributed by atoms with Crippen molar-refractivity contribution < 1.29 is 4.74 Å². The fraction of sp³-hybridized carbons (Fsp3) is 0.611. The Morgan fingerprint density at radius 1 is 1.36 bits per heavy atom. The predicted molar refractivity (Wildman–Crippen MR) is 124 cm³/mol. The van der Waals surface area contributed by atoms with Gasteiger partial charge in [0.15, 0.2) is 5.96 Å². The molecule has 1 saturated heterocycles. The van der Waals surface area contributed by atoms with Gasteiger partial charge >= 0.3 is 0 Å². The Kier molecular flexibility index (Phi) is 11.1. The highest BCUT2D eigenvalue weighted by Gasteiger charge is 2.23. The van der Waals surface area contributed by atoms with Gasteiger partial charge in [0.2, 0.25) is 0 Å². The number of hydrogen-bond donors (Lipinski definition) is 1. The Hall–Kier alpha value is -0.290. The summed E-state index contributed by atoms with van der Waals surface area (Å²) in [6, 6.07) is 8.22. The second-order valence-electron chi connectivity index (χ2n) is 6.10. The molecule has 0 unspecified atom stereocenters. The minimum absolute atomic E-state index is 0. The second kappa shape index (κ2) is 12.2. The number of ether oxygens (including phenoxy) is 1. The standard InChI is InChI=1S/C18H29IN4O.HI/c1-4-22(3)14-11-21-18(20-2)23-12-9-15(10-13-23)24-17-8-6-5-7-16(17)19;/h5-8,15H,4,9-14H2,1-3H3,(H,20,21);1H.